The highest BCUT2D eigenvalue weighted by Gasteiger charge is 2.17. The van der Waals surface area contributed by atoms with Crippen molar-refractivity contribution in [2.45, 2.75) is 52.7 Å². The molecule has 1 aliphatic heterocycles. The molecule has 0 amide bonds. The van der Waals surface area contributed by atoms with E-state index >= 15 is 0 Å². The van der Waals surface area contributed by atoms with Gasteiger partial charge in [0, 0.05) is 25.7 Å². The van der Waals surface area contributed by atoms with Crippen LogP contribution in [0.4, 0.5) is 0 Å². The van der Waals surface area contributed by atoms with E-state index in [1.165, 1.54) is 32.6 Å². The van der Waals surface area contributed by atoms with Crippen LogP contribution in [0.3, 0.4) is 0 Å². The van der Waals surface area contributed by atoms with Crippen molar-refractivity contribution in [3.63, 3.8) is 0 Å². The Balaban J connectivity index is 0.000000325. The molecule has 0 aromatic rings. The third-order valence-corrected chi connectivity index (χ3v) is 2.75. The maximum absolute atomic E-state index is 9.60. The van der Waals surface area contributed by atoms with Crippen LogP contribution in [0.25, 0.3) is 0 Å². The summed E-state index contributed by atoms with van der Waals surface area (Å²) in [6.45, 7) is 15.2. The zero-order valence-electron chi connectivity index (χ0n) is 12.0. The first-order valence-electron chi connectivity index (χ1n) is 6.50. The van der Waals surface area contributed by atoms with Crippen LogP contribution in [0.5, 0.6) is 0 Å². The lowest BCUT2D eigenvalue weighted by Crippen LogP contribution is -2.50. The fourth-order valence-electron chi connectivity index (χ4n) is 1.77. The number of nitrogens with one attached hydrogen (secondary N) is 1. The van der Waals surface area contributed by atoms with Gasteiger partial charge in [-0.1, -0.05) is 13.8 Å². The largest absolute Gasteiger partial charge is 0.462 e. The van der Waals surface area contributed by atoms with Gasteiger partial charge in [0.1, 0.15) is 5.60 Å². The van der Waals surface area contributed by atoms with Crippen molar-refractivity contribution in [2.24, 2.45) is 0 Å². The van der Waals surface area contributed by atoms with E-state index in [1.54, 1.807) is 0 Å². The van der Waals surface area contributed by atoms with E-state index in [2.05, 4.69) is 28.8 Å². The Morgan fingerprint density at radius 2 is 2.06 bits per heavy atom. The molecule has 0 aromatic heterocycles. The van der Waals surface area contributed by atoms with Crippen molar-refractivity contribution in [1.29, 1.82) is 0 Å². The highest BCUT2D eigenvalue weighted by Crippen LogP contribution is 2.05. The van der Waals surface area contributed by atoms with Crippen LogP contribution in [-0.2, 0) is 9.53 Å². The van der Waals surface area contributed by atoms with Crippen molar-refractivity contribution in [3.8, 4) is 0 Å². The lowest BCUT2D eigenvalue weighted by Gasteiger charge is -2.34. The molecule has 0 bridgehead atoms. The lowest BCUT2D eigenvalue weighted by molar-refractivity contribution is -0.138. The van der Waals surface area contributed by atoms with E-state index in [9.17, 15) is 4.79 Å². The van der Waals surface area contributed by atoms with E-state index in [0.717, 1.165) is 6.04 Å². The Labute approximate surface area is 106 Å². The minimum Gasteiger partial charge on any atom is -0.462 e. The normalized spacial score (nSPS) is 21.4. The molecule has 1 N–H and O–H groups in total. The average Bonchev–Trinajstić information content (AvgIpc) is 2.28. The lowest BCUT2D eigenvalue weighted by atomic mass is 10.1. The molecule has 0 unspecified atom stereocenters. The second-order valence-electron chi connectivity index (χ2n) is 5.22. The number of hydrogen-bond donors (Lipinski definition) is 1. The topological polar surface area (TPSA) is 41.6 Å². The molecular formula is C13H28N2O2. The van der Waals surface area contributed by atoms with Crippen molar-refractivity contribution in [3.05, 3.63) is 0 Å². The van der Waals surface area contributed by atoms with Crippen LogP contribution >= 0.6 is 0 Å². The van der Waals surface area contributed by atoms with Crippen LogP contribution in [0.1, 0.15) is 41.0 Å². The number of carbonyl (C=O) groups excluding carboxylic acids is 1. The molecule has 102 valence electrons. The molecule has 0 aliphatic carbocycles. The predicted octanol–water partition coefficient (Wildman–Crippen LogP) is 1.65. The first-order chi connectivity index (χ1) is 7.94. The molecule has 0 spiro atoms. The summed E-state index contributed by atoms with van der Waals surface area (Å²) in [5.74, 6) is 0. The summed E-state index contributed by atoms with van der Waals surface area (Å²) in [6.07, 6.45) is 1.28. The monoisotopic (exact) mass is 244 g/mol. The van der Waals surface area contributed by atoms with Crippen LogP contribution in [0, 0.1) is 0 Å². The highest BCUT2D eigenvalue weighted by molar-refractivity contribution is 5.37. The Bertz CT molecular complexity index is 190. The summed E-state index contributed by atoms with van der Waals surface area (Å²) >= 11 is 0. The zero-order valence-corrected chi connectivity index (χ0v) is 12.0. The summed E-state index contributed by atoms with van der Waals surface area (Å²) in [7, 11) is 0. The molecule has 1 fully saturated rings. The molecule has 1 aliphatic rings. The molecule has 0 saturated carbocycles. The smallest absolute Gasteiger partial charge is 0.293 e. The molecular weight excluding hydrogens is 216 g/mol. The highest BCUT2D eigenvalue weighted by atomic mass is 16.5. The number of nitrogens with zero attached hydrogens (tertiary/aromatic N) is 1. The van der Waals surface area contributed by atoms with Gasteiger partial charge in [-0.2, -0.15) is 0 Å². The second kappa shape index (κ2) is 8.48. The molecule has 0 aromatic carbocycles. The molecule has 1 atom stereocenters. The van der Waals surface area contributed by atoms with Gasteiger partial charge in [-0.15, -0.1) is 0 Å². The van der Waals surface area contributed by atoms with E-state index in [4.69, 9.17) is 0 Å². The molecule has 0 radical (unpaired) electrons. The van der Waals surface area contributed by atoms with Crippen molar-refractivity contribution < 1.29 is 9.53 Å². The summed E-state index contributed by atoms with van der Waals surface area (Å²) in [6, 6.07) is 0.791. The number of carbonyl (C=O) groups is 1. The van der Waals surface area contributed by atoms with Crippen molar-refractivity contribution in [2.75, 3.05) is 26.2 Å². The van der Waals surface area contributed by atoms with E-state index in [1.807, 2.05) is 20.8 Å². The standard InChI is InChI=1S/C8H18N2.C5H10O2/c1-3-8-7-9-5-6-10(8)4-2;1-5(2,3)7-4-6/h8-9H,3-7H2,1-2H3;4H,1-3H3/t8-;/m0./s1. The maximum atomic E-state index is 9.60. The van der Waals surface area contributed by atoms with Gasteiger partial charge >= 0.3 is 0 Å². The summed E-state index contributed by atoms with van der Waals surface area (Å²) < 4.78 is 4.55. The average molecular weight is 244 g/mol. The molecule has 1 heterocycles. The SMILES string of the molecule is CC(C)(C)OC=O.CC[C@H]1CNCCN1CC. The summed E-state index contributed by atoms with van der Waals surface area (Å²) in [5.41, 5.74) is -0.318. The van der Waals surface area contributed by atoms with Gasteiger partial charge in [-0.05, 0) is 33.7 Å². The second-order valence-corrected chi connectivity index (χ2v) is 5.22. The Morgan fingerprint density at radius 1 is 1.41 bits per heavy atom. The predicted molar refractivity (Wildman–Crippen MR) is 71.1 cm³/mol. The van der Waals surface area contributed by atoms with Gasteiger partial charge in [0.15, 0.2) is 0 Å². The Hall–Kier alpha value is -0.610. The van der Waals surface area contributed by atoms with Gasteiger partial charge in [0.2, 0.25) is 0 Å². The number of hydrogen-bond acceptors (Lipinski definition) is 4. The first-order valence-corrected chi connectivity index (χ1v) is 6.50. The minimum absolute atomic E-state index is 0.318. The van der Waals surface area contributed by atoms with Crippen molar-refractivity contribution >= 4 is 6.47 Å². The van der Waals surface area contributed by atoms with Crippen LogP contribution < -0.4 is 5.32 Å². The third-order valence-electron chi connectivity index (χ3n) is 2.75. The number of ether oxygens (including phenoxy) is 1. The molecule has 4 nitrogen and oxygen atoms in total. The van der Waals surface area contributed by atoms with Crippen LogP contribution in [0.15, 0.2) is 0 Å². The number of piperazine rings is 1. The van der Waals surface area contributed by atoms with E-state index in [-0.39, 0.29) is 5.60 Å². The fourth-order valence-corrected chi connectivity index (χ4v) is 1.77. The summed E-state index contributed by atoms with van der Waals surface area (Å²) in [5, 5.41) is 3.41. The fraction of sp³-hybridized carbons (Fsp3) is 0.923. The van der Waals surface area contributed by atoms with Gasteiger partial charge in [0.25, 0.3) is 6.47 Å². The maximum Gasteiger partial charge on any atom is 0.293 e. The quantitative estimate of drug-likeness (QED) is 0.767. The Kier molecular flexibility index (Phi) is 8.17. The van der Waals surface area contributed by atoms with Gasteiger partial charge in [0.05, 0.1) is 0 Å². The van der Waals surface area contributed by atoms with E-state index < -0.39 is 0 Å². The molecule has 1 rings (SSSR count). The van der Waals surface area contributed by atoms with E-state index in [0.29, 0.717) is 6.47 Å². The van der Waals surface area contributed by atoms with Gasteiger partial charge < -0.3 is 10.1 Å². The minimum atomic E-state index is -0.318. The summed E-state index contributed by atoms with van der Waals surface area (Å²) in [4.78, 5) is 12.2. The number of rotatable bonds is 3. The van der Waals surface area contributed by atoms with Gasteiger partial charge in [-0.3, -0.25) is 9.69 Å². The number of likely N-dealkylation sites (N-methyl/N-ethyl adjacent to an activating group) is 1. The first kappa shape index (κ1) is 16.4. The van der Waals surface area contributed by atoms with Crippen LogP contribution in [0.2, 0.25) is 0 Å². The Morgan fingerprint density at radius 3 is 2.35 bits per heavy atom. The third kappa shape index (κ3) is 8.16. The molecule has 4 heteroatoms. The zero-order chi connectivity index (χ0) is 13.3. The van der Waals surface area contributed by atoms with Crippen LogP contribution in [-0.4, -0.2) is 49.2 Å². The van der Waals surface area contributed by atoms with Crippen molar-refractivity contribution in [1.82, 2.24) is 10.2 Å². The van der Waals surface area contributed by atoms with Gasteiger partial charge in [-0.25, -0.2) is 0 Å². The molecule has 17 heavy (non-hydrogen) atoms. The molecule has 1 saturated heterocycles.